The lowest BCUT2D eigenvalue weighted by Crippen LogP contribution is -2.69. The number of nitrogens with one attached hydrogen (secondary N) is 2. The summed E-state index contributed by atoms with van der Waals surface area (Å²) in [6.07, 6.45) is 8.05. The van der Waals surface area contributed by atoms with E-state index in [0.717, 1.165) is 49.7 Å². The minimum atomic E-state index is -1.39. The third-order valence-electron chi connectivity index (χ3n) is 12.2. The van der Waals surface area contributed by atoms with Crippen LogP contribution in [0.5, 0.6) is 0 Å². The molecule has 15 nitrogen and oxygen atoms in total. The number of nitrogens with zero attached hydrogens (tertiary/aromatic N) is 1. The van der Waals surface area contributed by atoms with Crippen molar-refractivity contribution in [3.05, 3.63) is 77.0 Å². The van der Waals surface area contributed by atoms with Gasteiger partial charge in [0.15, 0.2) is 11.8 Å². The van der Waals surface area contributed by atoms with Crippen LogP contribution in [0, 0.1) is 5.41 Å². The molecule has 7 unspecified atom stereocenters. The van der Waals surface area contributed by atoms with Gasteiger partial charge in [-0.3, -0.25) is 24.0 Å². The van der Waals surface area contributed by atoms with E-state index >= 15 is 0 Å². The highest BCUT2D eigenvalue weighted by atomic mass is 16.8. The van der Waals surface area contributed by atoms with E-state index < -0.39 is 71.1 Å². The van der Waals surface area contributed by atoms with Crippen LogP contribution in [-0.2, 0) is 56.0 Å². The van der Waals surface area contributed by atoms with Crippen LogP contribution in [0.25, 0.3) is 6.08 Å². The second-order valence-electron chi connectivity index (χ2n) is 18.2. The second-order valence-corrected chi connectivity index (χ2v) is 18.2. The number of benzene rings is 2. The molecule has 2 amide bonds. The first-order chi connectivity index (χ1) is 30.2. The predicted octanol–water partition coefficient (Wildman–Crippen LogP) is 5.64. The molecule has 0 radical (unpaired) electrons. The van der Waals surface area contributed by atoms with Crippen LogP contribution < -0.4 is 10.6 Å². The number of hydroxylamine groups is 2. The lowest BCUT2D eigenvalue weighted by atomic mass is 9.62. The third-order valence-corrected chi connectivity index (χ3v) is 12.2. The molecule has 2 aromatic carbocycles. The van der Waals surface area contributed by atoms with Gasteiger partial charge in [0.1, 0.15) is 42.0 Å². The lowest BCUT2D eigenvalue weighted by molar-refractivity contribution is -0.224. The summed E-state index contributed by atoms with van der Waals surface area (Å²) in [5.41, 5.74) is 0.622. The van der Waals surface area contributed by atoms with E-state index in [9.17, 15) is 24.3 Å². The number of fused-ring (bicyclic) bond motifs is 4. The van der Waals surface area contributed by atoms with Gasteiger partial charge in [-0.25, -0.2) is 0 Å². The van der Waals surface area contributed by atoms with Crippen molar-refractivity contribution in [3.8, 4) is 0 Å². The molecule has 4 fully saturated rings. The third kappa shape index (κ3) is 11.7. The fourth-order valence-electron chi connectivity index (χ4n) is 9.19. The van der Waals surface area contributed by atoms with Gasteiger partial charge in [0.2, 0.25) is 5.91 Å². The first-order valence-electron chi connectivity index (χ1n) is 22.7. The van der Waals surface area contributed by atoms with Gasteiger partial charge in [-0.05, 0) is 74.9 Å². The standard InChI is InChI=1S/C48H67N3O12/c1-6-8-10-22-47(23-11-9-7-2)61-39-37-28-48(45(57)49-29-34-13-12-14-35(27-34)43(55)50-36(31-53)19-20-38(54)60-46(3,4)5)41(44(56)59-37)51(63-42(48)40(39)62-47)30-33-17-15-32(16-18-33)21-25-58-26-24-52/h12-18,21,25,27,36-37,39-42,52-53H,6-11,19-20,22-24,26,28-31H2,1-5H3,(H,49,57)(H,50,55). The average molecular weight is 878 g/mol. The Bertz CT molecular complexity index is 1890. The Hall–Kier alpha value is -4.38. The van der Waals surface area contributed by atoms with E-state index in [0.29, 0.717) is 24.0 Å². The van der Waals surface area contributed by atoms with Gasteiger partial charge in [0, 0.05) is 37.8 Å². The molecule has 2 aromatic rings. The molecule has 7 atom stereocenters. The van der Waals surface area contributed by atoms with Crippen molar-refractivity contribution in [2.75, 3.05) is 19.8 Å². The molecule has 346 valence electrons. The summed E-state index contributed by atoms with van der Waals surface area (Å²) in [5.74, 6) is -2.72. The number of aliphatic hydroxyl groups is 2. The van der Waals surface area contributed by atoms with Crippen molar-refractivity contribution in [1.82, 2.24) is 15.7 Å². The highest BCUT2D eigenvalue weighted by Crippen LogP contribution is 2.58. The number of unbranched alkanes of at least 4 members (excludes halogenated alkanes) is 4. The first kappa shape index (κ1) is 48.1. The molecule has 0 spiro atoms. The molecule has 15 heteroatoms. The van der Waals surface area contributed by atoms with Gasteiger partial charge in [0.25, 0.3) is 5.91 Å². The Labute approximate surface area is 371 Å². The van der Waals surface area contributed by atoms with Crippen molar-refractivity contribution in [3.63, 3.8) is 0 Å². The molecule has 4 N–H and O–H groups in total. The minimum absolute atomic E-state index is 0.0258. The lowest BCUT2D eigenvalue weighted by Gasteiger charge is -2.48. The van der Waals surface area contributed by atoms with Crippen molar-refractivity contribution in [1.29, 1.82) is 0 Å². The van der Waals surface area contributed by atoms with Crippen LogP contribution in [0.2, 0.25) is 0 Å². The Morgan fingerprint density at radius 3 is 2.35 bits per heavy atom. The molecule has 1 saturated carbocycles. The van der Waals surface area contributed by atoms with E-state index in [2.05, 4.69) is 24.5 Å². The van der Waals surface area contributed by atoms with Crippen LogP contribution in [0.15, 0.2) is 54.8 Å². The molecular weight excluding hydrogens is 811 g/mol. The number of carbonyl (C=O) groups excluding carboxylic acids is 4. The maximum absolute atomic E-state index is 15.0. The van der Waals surface area contributed by atoms with E-state index in [1.165, 1.54) is 6.26 Å². The molecule has 6 rings (SSSR count). The minimum Gasteiger partial charge on any atom is -0.499 e. The van der Waals surface area contributed by atoms with Gasteiger partial charge < -0.3 is 44.5 Å². The average Bonchev–Trinajstić information content (AvgIpc) is 3.81. The van der Waals surface area contributed by atoms with Crippen molar-refractivity contribution >= 4 is 29.8 Å². The largest absolute Gasteiger partial charge is 0.499 e. The Morgan fingerprint density at radius 1 is 0.968 bits per heavy atom. The molecule has 3 heterocycles. The van der Waals surface area contributed by atoms with Gasteiger partial charge in [-0.2, -0.15) is 5.06 Å². The molecule has 4 aliphatic rings. The maximum Gasteiger partial charge on any atom is 0.327 e. The summed E-state index contributed by atoms with van der Waals surface area (Å²) in [7, 11) is 0. The fraction of sp³-hybridized carbons (Fsp3) is 0.625. The van der Waals surface area contributed by atoms with Gasteiger partial charge in [-0.15, -0.1) is 0 Å². The molecule has 3 aliphatic heterocycles. The van der Waals surface area contributed by atoms with E-state index in [1.807, 2.05) is 24.3 Å². The summed E-state index contributed by atoms with van der Waals surface area (Å²) >= 11 is 0. The quantitative estimate of drug-likeness (QED) is 0.0611. The molecule has 1 aliphatic carbocycles. The number of hydrogen-bond acceptors (Lipinski definition) is 13. The zero-order valence-electron chi connectivity index (χ0n) is 37.5. The number of carbonyl (C=O) groups is 4. The second kappa shape index (κ2) is 21.5. The Morgan fingerprint density at radius 2 is 1.68 bits per heavy atom. The summed E-state index contributed by atoms with van der Waals surface area (Å²) in [4.78, 5) is 61.7. The van der Waals surface area contributed by atoms with Crippen LogP contribution in [0.4, 0.5) is 0 Å². The van der Waals surface area contributed by atoms with Crippen LogP contribution in [-0.4, -0.2) is 107 Å². The zero-order valence-corrected chi connectivity index (χ0v) is 37.5. The Balaban J connectivity index is 1.23. The maximum atomic E-state index is 15.0. The smallest absolute Gasteiger partial charge is 0.327 e. The molecule has 63 heavy (non-hydrogen) atoms. The van der Waals surface area contributed by atoms with E-state index in [1.54, 1.807) is 56.2 Å². The summed E-state index contributed by atoms with van der Waals surface area (Å²) in [5, 5.41) is 26.5. The number of rotatable bonds is 23. The number of ether oxygens (including phenoxy) is 5. The van der Waals surface area contributed by atoms with Gasteiger partial charge in [0.05, 0.1) is 32.1 Å². The van der Waals surface area contributed by atoms with Gasteiger partial charge in [-0.1, -0.05) is 75.9 Å². The van der Waals surface area contributed by atoms with Crippen LogP contribution >= 0.6 is 0 Å². The van der Waals surface area contributed by atoms with E-state index in [4.69, 9.17) is 33.6 Å². The van der Waals surface area contributed by atoms with Crippen molar-refractivity contribution in [2.24, 2.45) is 5.41 Å². The normalized spacial score (nSPS) is 25.3. The van der Waals surface area contributed by atoms with Gasteiger partial charge >= 0.3 is 11.9 Å². The monoisotopic (exact) mass is 877 g/mol. The highest BCUT2D eigenvalue weighted by Gasteiger charge is 2.76. The molecule has 2 bridgehead atoms. The summed E-state index contributed by atoms with van der Waals surface area (Å²) < 4.78 is 30.7. The zero-order chi connectivity index (χ0) is 45.2. The van der Waals surface area contributed by atoms with E-state index in [-0.39, 0.29) is 58.1 Å². The summed E-state index contributed by atoms with van der Waals surface area (Å²) in [6.45, 7) is 9.60. The number of aliphatic hydroxyl groups excluding tert-OH is 2. The first-order valence-corrected chi connectivity index (χ1v) is 22.7. The Kier molecular flexibility index (Phi) is 16.4. The SMILES string of the molecule is CCCCCC1(CCCCC)OC2C3CC4(C(=O)NCc5cccc(C(=O)NC(CO)CCC(=O)OC(C)(C)C)c5)C(ON(Cc5ccc(C=COCCO)cc5)C4C(=O)O3)C2O1. The van der Waals surface area contributed by atoms with Crippen LogP contribution in [0.1, 0.15) is 132 Å². The molecular formula is C48H67N3O12. The number of hydrogen-bond donors (Lipinski definition) is 4. The molecule has 0 aromatic heterocycles. The topological polar surface area (TPSA) is 191 Å². The molecule has 3 saturated heterocycles. The van der Waals surface area contributed by atoms with Crippen molar-refractivity contribution < 1.29 is 57.9 Å². The number of esters is 2. The fourth-order valence-corrected chi connectivity index (χ4v) is 9.19. The predicted molar refractivity (Wildman–Crippen MR) is 232 cm³/mol. The number of amides is 2. The van der Waals surface area contributed by atoms with Crippen molar-refractivity contribution in [2.45, 2.75) is 166 Å². The van der Waals surface area contributed by atoms with Crippen LogP contribution in [0.3, 0.4) is 0 Å². The summed E-state index contributed by atoms with van der Waals surface area (Å²) in [6, 6.07) is 12.7. The highest BCUT2D eigenvalue weighted by molar-refractivity contribution is 5.95.